The van der Waals surface area contributed by atoms with Crippen LogP contribution in [-0.4, -0.2) is 26.1 Å². The molecule has 0 saturated carbocycles. The van der Waals surface area contributed by atoms with Gasteiger partial charge in [-0.2, -0.15) is 0 Å². The van der Waals surface area contributed by atoms with Crippen LogP contribution in [0.1, 0.15) is 18.6 Å². The zero-order valence-electron chi connectivity index (χ0n) is 10.2. The minimum absolute atomic E-state index is 0.107. The van der Waals surface area contributed by atoms with Gasteiger partial charge in [0.2, 0.25) is 0 Å². The van der Waals surface area contributed by atoms with Gasteiger partial charge in [-0.1, -0.05) is 30.3 Å². The maximum atomic E-state index is 6.03. The number of rotatable bonds is 2. The molecule has 1 aromatic carbocycles. The van der Waals surface area contributed by atoms with Gasteiger partial charge < -0.3 is 14.2 Å². The van der Waals surface area contributed by atoms with Gasteiger partial charge in [0.05, 0.1) is 18.8 Å². The third-order valence-corrected chi connectivity index (χ3v) is 3.93. The molecule has 0 spiro atoms. The first-order valence-electron chi connectivity index (χ1n) is 6.16. The van der Waals surface area contributed by atoms with Crippen molar-refractivity contribution in [3.8, 4) is 0 Å². The van der Waals surface area contributed by atoms with Gasteiger partial charge in [0.15, 0.2) is 6.29 Å². The van der Waals surface area contributed by atoms with E-state index in [1.165, 1.54) is 5.56 Å². The Morgan fingerprint density at radius 2 is 2.00 bits per heavy atom. The topological polar surface area (TPSA) is 27.7 Å². The van der Waals surface area contributed by atoms with E-state index in [0.717, 1.165) is 6.61 Å². The number of fused-ring (bicyclic) bond motifs is 1. The van der Waals surface area contributed by atoms with Crippen LogP contribution in [0, 0.1) is 11.8 Å². The number of methoxy groups -OCH3 is 1. The van der Waals surface area contributed by atoms with Crippen LogP contribution in [0.2, 0.25) is 0 Å². The number of hydrogen-bond acceptors (Lipinski definition) is 3. The van der Waals surface area contributed by atoms with Crippen LogP contribution < -0.4 is 0 Å². The van der Waals surface area contributed by atoms with Gasteiger partial charge in [-0.15, -0.1) is 0 Å². The van der Waals surface area contributed by atoms with Crippen molar-refractivity contribution >= 4 is 0 Å². The molecule has 0 aliphatic carbocycles. The fraction of sp³-hybridized carbons (Fsp3) is 0.571. The summed E-state index contributed by atoms with van der Waals surface area (Å²) < 4.78 is 17.2. The summed E-state index contributed by atoms with van der Waals surface area (Å²) in [6.45, 7) is 2.87. The summed E-state index contributed by atoms with van der Waals surface area (Å²) in [5.41, 5.74) is 1.22. The molecule has 5 atom stereocenters. The predicted octanol–water partition coefficient (Wildman–Crippen LogP) is 2.38. The van der Waals surface area contributed by atoms with E-state index >= 15 is 0 Å². The zero-order chi connectivity index (χ0) is 11.8. The second kappa shape index (κ2) is 4.41. The van der Waals surface area contributed by atoms with Crippen LogP contribution in [0.3, 0.4) is 0 Å². The molecule has 92 valence electrons. The monoisotopic (exact) mass is 234 g/mol. The van der Waals surface area contributed by atoms with E-state index in [9.17, 15) is 0 Å². The highest BCUT2D eigenvalue weighted by atomic mass is 16.7. The maximum absolute atomic E-state index is 6.03. The molecule has 0 aromatic heterocycles. The molecule has 0 radical (unpaired) electrons. The van der Waals surface area contributed by atoms with Gasteiger partial charge >= 0.3 is 0 Å². The van der Waals surface area contributed by atoms with Crippen molar-refractivity contribution in [2.45, 2.75) is 25.4 Å². The molecule has 2 aliphatic rings. The average Bonchev–Trinajstić information content (AvgIpc) is 2.92. The summed E-state index contributed by atoms with van der Waals surface area (Å²) >= 11 is 0. The van der Waals surface area contributed by atoms with Crippen LogP contribution in [0.4, 0.5) is 0 Å². The van der Waals surface area contributed by atoms with E-state index in [-0.39, 0.29) is 18.5 Å². The van der Waals surface area contributed by atoms with Crippen molar-refractivity contribution in [1.82, 2.24) is 0 Å². The van der Waals surface area contributed by atoms with E-state index in [1.807, 2.05) is 18.2 Å². The minimum Gasteiger partial charge on any atom is -0.378 e. The SMILES string of the molecule is CO[C@@H]1O[C@@H](c2ccccc2)[C@H]2CO[C@@H](C)[C@@H]12. The quantitative estimate of drug-likeness (QED) is 0.786. The van der Waals surface area contributed by atoms with Gasteiger partial charge in [-0.05, 0) is 12.5 Å². The Balaban J connectivity index is 1.88. The Morgan fingerprint density at radius 3 is 2.71 bits per heavy atom. The van der Waals surface area contributed by atoms with Crippen molar-refractivity contribution in [3.05, 3.63) is 35.9 Å². The molecule has 3 nitrogen and oxygen atoms in total. The molecule has 0 N–H and O–H groups in total. The molecule has 0 unspecified atom stereocenters. The van der Waals surface area contributed by atoms with Gasteiger partial charge in [-0.25, -0.2) is 0 Å². The van der Waals surface area contributed by atoms with Gasteiger partial charge in [0.25, 0.3) is 0 Å². The molecule has 2 aliphatic heterocycles. The zero-order valence-corrected chi connectivity index (χ0v) is 10.2. The lowest BCUT2D eigenvalue weighted by molar-refractivity contribution is -0.150. The molecule has 3 rings (SSSR count). The predicted molar refractivity (Wildman–Crippen MR) is 63.5 cm³/mol. The first-order chi connectivity index (χ1) is 8.31. The standard InChI is InChI=1S/C14H18O3/c1-9-12-11(8-16-9)13(17-14(12)15-2)10-6-4-3-5-7-10/h3-7,9,11-14H,8H2,1-2H3/t9-,11-,12+,13-,14+/m0/s1. The summed E-state index contributed by atoms with van der Waals surface area (Å²) in [7, 11) is 1.71. The van der Waals surface area contributed by atoms with E-state index in [2.05, 4.69) is 19.1 Å². The molecule has 2 fully saturated rings. The summed E-state index contributed by atoms with van der Waals surface area (Å²) in [4.78, 5) is 0. The maximum Gasteiger partial charge on any atom is 0.163 e. The van der Waals surface area contributed by atoms with Crippen molar-refractivity contribution in [1.29, 1.82) is 0 Å². The largest absolute Gasteiger partial charge is 0.378 e. The van der Waals surface area contributed by atoms with Crippen LogP contribution in [0.15, 0.2) is 30.3 Å². The molecule has 2 heterocycles. The van der Waals surface area contributed by atoms with Gasteiger partial charge in [0.1, 0.15) is 0 Å². The first-order valence-corrected chi connectivity index (χ1v) is 6.16. The fourth-order valence-electron chi connectivity index (χ4n) is 3.06. The summed E-state index contributed by atoms with van der Waals surface area (Å²) in [6.07, 6.45) is 0.192. The van der Waals surface area contributed by atoms with E-state index in [0.29, 0.717) is 11.8 Å². The van der Waals surface area contributed by atoms with Crippen LogP contribution in [0.5, 0.6) is 0 Å². The van der Waals surface area contributed by atoms with Crippen molar-refractivity contribution in [3.63, 3.8) is 0 Å². The highest BCUT2D eigenvalue weighted by molar-refractivity contribution is 5.20. The minimum atomic E-state index is -0.136. The third kappa shape index (κ3) is 1.79. The smallest absolute Gasteiger partial charge is 0.163 e. The second-order valence-corrected chi connectivity index (χ2v) is 4.85. The highest BCUT2D eigenvalue weighted by Crippen LogP contribution is 2.48. The lowest BCUT2D eigenvalue weighted by atomic mass is 9.87. The van der Waals surface area contributed by atoms with Crippen molar-refractivity contribution in [2.24, 2.45) is 11.8 Å². The van der Waals surface area contributed by atoms with Gasteiger partial charge in [0, 0.05) is 18.9 Å². The Bertz CT molecular complexity index is 378. The molecular weight excluding hydrogens is 216 g/mol. The third-order valence-electron chi connectivity index (χ3n) is 3.93. The van der Waals surface area contributed by atoms with Crippen LogP contribution in [-0.2, 0) is 14.2 Å². The summed E-state index contributed by atoms with van der Waals surface area (Å²) in [5.74, 6) is 0.766. The second-order valence-electron chi connectivity index (χ2n) is 4.85. The first kappa shape index (κ1) is 11.2. The summed E-state index contributed by atoms with van der Waals surface area (Å²) in [6, 6.07) is 10.4. The summed E-state index contributed by atoms with van der Waals surface area (Å²) in [5, 5.41) is 0. The van der Waals surface area contributed by atoms with E-state index in [1.54, 1.807) is 7.11 Å². The number of benzene rings is 1. The number of ether oxygens (including phenoxy) is 3. The number of hydrogen-bond donors (Lipinski definition) is 0. The molecule has 3 heteroatoms. The molecule has 0 bridgehead atoms. The molecule has 2 saturated heterocycles. The van der Waals surface area contributed by atoms with Gasteiger partial charge in [-0.3, -0.25) is 0 Å². The lowest BCUT2D eigenvalue weighted by Crippen LogP contribution is -2.26. The van der Waals surface area contributed by atoms with Crippen molar-refractivity contribution in [2.75, 3.05) is 13.7 Å². The Labute approximate surface area is 102 Å². The average molecular weight is 234 g/mol. The molecular formula is C14H18O3. The van der Waals surface area contributed by atoms with E-state index < -0.39 is 0 Å². The fourth-order valence-corrected chi connectivity index (χ4v) is 3.06. The molecule has 17 heavy (non-hydrogen) atoms. The Morgan fingerprint density at radius 1 is 1.24 bits per heavy atom. The highest BCUT2D eigenvalue weighted by Gasteiger charge is 2.51. The molecule has 0 amide bonds. The Hall–Kier alpha value is -0.900. The van der Waals surface area contributed by atoms with Crippen LogP contribution >= 0.6 is 0 Å². The van der Waals surface area contributed by atoms with Crippen LogP contribution in [0.25, 0.3) is 0 Å². The lowest BCUT2D eigenvalue weighted by Gasteiger charge is -2.18. The van der Waals surface area contributed by atoms with E-state index in [4.69, 9.17) is 14.2 Å². The molecule has 1 aromatic rings. The normalized spacial score (nSPS) is 40.5. The Kier molecular flexibility index (Phi) is 2.90. The van der Waals surface area contributed by atoms with Crippen molar-refractivity contribution < 1.29 is 14.2 Å².